The third-order valence-electron chi connectivity index (χ3n) is 9.35. The Morgan fingerprint density at radius 1 is 1.29 bits per heavy atom. The van der Waals surface area contributed by atoms with Gasteiger partial charge in [0.15, 0.2) is 5.60 Å². The highest BCUT2D eigenvalue weighted by molar-refractivity contribution is 6.32. The van der Waals surface area contributed by atoms with E-state index >= 15 is 0 Å². The number of cyclic esters (lactones) is 1. The van der Waals surface area contributed by atoms with Crippen LogP contribution in [0.3, 0.4) is 0 Å². The van der Waals surface area contributed by atoms with Crippen molar-refractivity contribution in [1.82, 2.24) is 14.9 Å². The zero-order valence-electron chi connectivity index (χ0n) is 23.8. The van der Waals surface area contributed by atoms with E-state index in [2.05, 4.69) is 33.0 Å². The normalized spacial score (nSPS) is 21.7. The number of pyridine rings is 2. The van der Waals surface area contributed by atoms with Crippen molar-refractivity contribution in [2.75, 3.05) is 0 Å². The molecule has 6 rings (SSSR count). The average Bonchev–Trinajstić information content (AvgIpc) is 3.28. The maximum Gasteiger partial charge on any atom is 0.343 e. The lowest BCUT2D eigenvalue weighted by Crippen LogP contribution is -2.44. The molecular weight excluding hydrogens is 549 g/mol. The Kier molecular flexibility index (Phi) is 6.36. The number of amides is 1. The number of fused-ring (bicyclic) bond motifs is 5. The van der Waals surface area contributed by atoms with Crippen LogP contribution in [0.1, 0.15) is 87.7 Å². The SMILES string of the molecule is CC[C@@]1(O)C(=O)OCc2c1cc1n(c2=O)Cc2c-1nc1cc(F)c(Cl)c3c1c2[C@@H](NC(=O)C[C@H](C)C(C)(C)C)CC3. The maximum absolute atomic E-state index is 15.0. The van der Waals surface area contributed by atoms with Crippen LogP contribution in [0.2, 0.25) is 5.02 Å². The second-order valence-electron chi connectivity index (χ2n) is 12.6. The molecule has 3 aromatic rings. The van der Waals surface area contributed by atoms with Crippen LogP contribution >= 0.6 is 11.6 Å². The quantitative estimate of drug-likeness (QED) is 0.326. The highest BCUT2D eigenvalue weighted by Gasteiger charge is 2.46. The van der Waals surface area contributed by atoms with Crippen LogP contribution in [0.25, 0.3) is 22.3 Å². The van der Waals surface area contributed by atoms with Gasteiger partial charge in [-0.15, -0.1) is 0 Å². The number of rotatable bonds is 4. The molecule has 0 spiro atoms. The van der Waals surface area contributed by atoms with E-state index in [4.69, 9.17) is 21.3 Å². The largest absolute Gasteiger partial charge is 0.458 e. The summed E-state index contributed by atoms with van der Waals surface area (Å²) in [6, 6.07) is 2.53. The molecule has 10 heteroatoms. The van der Waals surface area contributed by atoms with E-state index in [0.29, 0.717) is 47.1 Å². The maximum atomic E-state index is 15.0. The van der Waals surface area contributed by atoms with E-state index in [0.717, 1.165) is 11.1 Å². The summed E-state index contributed by atoms with van der Waals surface area (Å²) in [5.41, 5.74) is 1.48. The van der Waals surface area contributed by atoms with Crippen molar-refractivity contribution in [3.05, 3.63) is 61.1 Å². The Hall–Kier alpha value is -3.30. The molecule has 3 atom stereocenters. The molecule has 0 unspecified atom stereocenters. The molecule has 8 nitrogen and oxygen atoms in total. The third kappa shape index (κ3) is 4.11. The van der Waals surface area contributed by atoms with Crippen molar-refractivity contribution in [2.24, 2.45) is 11.3 Å². The summed E-state index contributed by atoms with van der Waals surface area (Å²) in [4.78, 5) is 44.3. The van der Waals surface area contributed by atoms with Crippen molar-refractivity contribution in [3.63, 3.8) is 0 Å². The zero-order chi connectivity index (χ0) is 29.6. The first-order valence-electron chi connectivity index (χ1n) is 14.1. The van der Waals surface area contributed by atoms with Gasteiger partial charge in [0.25, 0.3) is 5.56 Å². The van der Waals surface area contributed by atoms with Gasteiger partial charge in [-0.1, -0.05) is 46.2 Å². The van der Waals surface area contributed by atoms with Gasteiger partial charge >= 0.3 is 5.97 Å². The molecule has 4 heterocycles. The first kappa shape index (κ1) is 27.8. The number of nitrogens with zero attached hydrogens (tertiary/aromatic N) is 2. The predicted octanol–water partition coefficient (Wildman–Crippen LogP) is 5.05. The number of aromatic nitrogens is 2. The Labute approximate surface area is 241 Å². The topological polar surface area (TPSA) is 111 Å². The second kappa shape index (κ2) is 9.36. The number of halogens is 2. The molecule has 3 aliphatic rings. The summed E-state index contributed by atoms with van der Waals surface area (Å²) < 4.78 is 21.7. The van der Waals surface area contributed by atoms with E-state index in [9.17, 15) is 23.9 Å². The molecule has 1 amide bonds. The Bertz CT molecular complexity index is 1730. The molecule has 2 aliphatic heterocycles. The molecular formula is C31H33ClFN3O5. The smallest absolute Gasteiger partial charge is 0.343 e. The van der Waals surface area contributed by atoms with Gasteiger partial charge in [0.2, 0.25) is 5.91 Å². The van der Waals surface area contributed by atoms with Gasteiger partial charge in [-0.05, 0) is 47.8 Å². The molecule has 0 fully saturated rings. The number of aryl methyl sites for hydroxylation is 1. The van der Waals surface area contributed by atoms with Crippen LogP contribution in [0.5, 0.6) is 0 Å². The number of benzene rings is 1. The molecule has 2 aromatic heterocycles. The molecule has 1 aromatic carbocycles. The van der Waals surface area contributed by atoms with Crippen molar-refractivity contribution >= 4 is 34.4 Å². The summed E-state index contributed by atoms with van der Waals surface area (Å²) in [5.74, 6) is -1.33. The van der Waals surface area contributed by atoms with Crippen molar-refractivity contribution < 1.29 is 23.8 Å². The minimum Gasteiger partial charge on any atom is -0.458 e. The molecule has 2 N–H and O–H groups in total. The van der Waals surface area contributed by atoms with Crippen molar-refractivity contribution in [1.29, 1.82) is 0 Å². The number of carbonyl (C=O) groups excluding carboxylic acids is 2. The van der Waals surface area contributed by atoms with Gasteiger partial charge in [-0.2, -0.15) is 0 Å². The predicted molar refractivity (Wildman–Crippen MR) is 152 cm³/mol. The standard InChI is InChI=1S/C31H33ClFN3O5/c1-6-31(40)18-10-22-27-16(12-36(22)28(38)17(18)13-41-29(31)39)25-20(34-23(37)9-14(2)30(3,4)5)8-7-15-24(25)21(35-27)11-19(33)26(15)32/h10-11,14,20,40H,6-9,12-13H2,1-5H3,(H,34,37)/t14-,20-,31-/m0/s1. The van der Waals surface area contributed by atoms with Crippen LogP contribution < -0.4 is 10.9 Å². The van der Waals surface area contributed by atoms with Gasteiger partial charge in [0.1, 0.15) is 12.4 Å². The highest BCUT2D eigenvalue weighted by atomic mass is 35.5. The van der Waals surface area contributed by atoms with Crippen LogP contribution in [-0.2, 0) is 39.5 Å². The molecule has 41 heavy (non-hydrogen) atoms. The van der Waals surface area contributed by atoms with Crippen LogP contribution in [0, 0.1) is 17.2 Å². The number of esters is 1. The fourth-order valence-corrected chi connectivity index (χ4v) is 6.58. The fraction of sp³-hybridized carbons (Fsp3) is 0.484. The summed E-state index contributed by atoms with van der Waals surface area (Å²) in [5, 5.41) is 15.2. The van der Waals surface area contributed by atoms with Gasteiger partial charge < -0.3 is 19.7 Å². The molecule has 1 aliphatic carbocycles. The van der Waals surface area contributed by atoms with Gasteiger partial charge in [0.05, 0.1) is 40.1 Å². The zero-order valence-corrected chi connectivity index (χ0v) is 24.5. The van der Waals surface area contributed by atoms with E-state index in [1.165, 1.54) is 6.07 Å². The molecule has 0 saturated heterocycles. The Morgan fingerprint density at radius 2 is 2.02 bits per heavy atom. The van der Waals surface area contributed by atoms with E-state index in [1.54, 1.807) is 17.6 Å². The first-order chi connectivity index (χ1) is 19.3. The monoisotopic (exact) mass is 581 g/mol. The first-order valence-corrected chi connectivity index (χ1v) is 14.4. The Morgan fingerprint density at radius 3 is 2.71 bits per heavy atom. The minimum atomic E-state index is -1.96. The molecule has 0 saturated carbocycles. The number of hydrogen-bond acceptors (Lipinski definition) is 6. The van der Waals surface area contributed by atoms with Gasteiger partial charge in [-0.25, -0.2) is 14.2 Å². The second-order valence-corrected chi connectivity index (χ2v) is 13.0. The average molecular weight is 582 g/mol. The van der Waals surface area contributed by atoms with Gasteiger partial charge in [0, 0.05) is 29.0 Å². The number of hydrogen-bond donors (Lipinski definition) is 2. The summed E-state index contributed by atoms with van der Waals surface area (Å²) in [7, 11) is 0. The lowest BCUT2D eigenvalue weighted by atomic mass is 9.79. The number of aliphatic hydroxyl groups is 1. The molecule has 0 radical (unpaired) electrons. The third-order valence-corrected chi connectivity index (χ3v) is 9.76. The van der Waals surface area contributed by atoms with Gasteiger partial charge in [-0.3, -0.25) is 9.59 Å². The van der Waals surface area contributed by atoms with Crippen molar-refractivity contribution in [2.45, 2.75) is 85.1 Å². The van der Waals surface area contributed by atoms with Crippen LogP contribution in [-0.4, -0.2) is 26.5 Å². The fourth-order valence-electron chi connectivity index (χ4n) is 6.34. The van der Waals surface area contributed by atoms with Crippen LogP contribution in [0.15, 0.2) is 16.9 Å². The minimum absolute atomic E-state index is 0.0269. The lowest BCUT2D eigenvalue weighted by molar-refractivity contribution is -0.172. The highest BCUT2D eigenvalue weighted by Crippen LogP contribution is 2.47. The molecule has 216 valence electrons. The number of carbonyl (C=O) groups is 2. The van der Waals surface area contributed by atoms with E-state index in [1.807, 2.05) is 0 Å². The summed E-state index contributed by atoms with van der Waals surface area (Å²) >= 11 is 6.44. The van der Waals surface area contributed by atoms with E-state index in [-0.39, 0.29) is 64.6 Å². The van der Waals surface area contributed by atoms with Crippen LogP contribution in [0.4, 0.5) is 4.39 Å². The summed E-state index contributed by atoms with van der Waals surface area (Å²) in [6.45, 7) is 9.94. The van der Waals surface area contributed by atoms with Crippen molar-refractivity contribution in [3.8, 4) is 11.4 Å². The van der Waals surface area contributed by atoms with E-state index < -0.39 is 17.4 Å². The lowest BCUT2D eigenvalue weighted by Gasteiger charge is -2.31. The Balaban J connectivity index is 1.54. The molecule has 0 bridgehead atoms. The summed E-state index contributed by atoms with van der Waals surface area (Å²) in [6.07, 6.45) is 1.35. The number of ether oxygens (including phenoxy) is 1. The number of nitrogens with one attached hydrogen (secondary N) is 1.